The maximum atomic E-state index is 12.6. The largest absolute Gasteiger partial charge is 0.381 e. The second-order valence-corrected chi connectivity index (χ2v) is 8.84. The Morgan fingerprint density at radius 1 is 0.871 bits per heavy atom. The fraction of sp³-hybridized carbons (Fsp3) is 0.440. The quantitative estimate of drug-likeness (QED) is 0.819. The predicted molar refractivity (Wildman–Crippen MR) is 119 cm³/mol. The number of piperidine rings is 1. The Kier molecular flexibility index (Phi) is 5.64. The van der Waals surface area contributed by atoms with Crippen LogP contribution in [0.1, 0.15) is 41.9 Å². The molecule has 1 N–H and O–H groups in total. The van der Waals surface area contributed by atoms with Crippen molar-refractivity contribution in [3.63, 3.8) is 0 Å². The SMILES string of the molecule is O=C(Nc1ccc(C2CCN(C(=O)[C@@H]3CCOC3)CC2)cc1)N1Cc2ccccc2C1. The van der Waals surface area contributed by atoms with Crippen LogP contribution in [-0.2, 0) is 22.6 Å². The van der Waals surface area contributed by atoms with E-state index in [0.29, 0.717) is 32.2 Å². The molecule has 3 heterocycles. The first kappa shape index (κ1) is 20.1. The second kappa shape index (κ2) is 8.71. The van der Waals surface area contributed by atoms with Gasteiger partial charge in [0.05, 0.1) is 12.5 Å². The number of nitrogens with one attached hydrogen (secondary N) is 1. The van der Waals surface area contributed by atoms with Crippen molar-refractivity contribution in [2.24, 2.45) is 5.92 Å². The van der Waals surface area contributed by atoms with Crippen LogP contribution in [0.4, 0.5) is 10.5 Å². The molecule has 3 aliphatic heterocycles. The van der Waals surface area contributed by atoms with Gasteiger partial charge in [0, 0.05) is 38.5 Å². The van der Waals surface area contributed by atoms with Crippen LogP contribution in [-0.4, -0.2) is 48.0 Å². The van der Waals surface area contributed by atoms with Crippen molar-refractivity contribution >= 4 is 17.6 Å². The third-order valence-electron chi connectivity index (χ3n) is 6.85. The lowest BCUT2D eigenvalue weighted by Crippen LogP contribution is -2.41. The zero-order chi connectivity index (χ0) is 21.2. The average molecular weight is 420 g/mol. The summed E-state index contributed by atoms with van der Waals surface area (Å²) in [5.74, 6) is 0.780. The molecule has 31 heavy (non-hydrogen) atoms. The highest BCUT2D eigenvalue weighted by Gasteiger charge is 2.31. The van der Waals surface area contributed by atoms with Gasteiger partial charge in [-0.2, -0.15) is 0 Å². The van der Waals surface area contributed by atoms with E-state index in [4.69, 9.17) is 4.74 Å². The molecule has 0 aromatic heterocycles. The number of amides is 3. The Bertz CT molecular complexity index is 920. The van der Waals surface area contributed by atoms with Crippen molar-refractivity contribution in [3.8, 4) is 0 Å². The number of rotatable bonds is 3. The smallest absolute Gasteiger partial charge is 0.322 e. The van der Waals surface area contributed by atoms with E-state index in [1.165, 1.54) is 16.7 Å². The van der Waals surface area contributed by atoms with Gasteiger partial charge in [0.1, 0.15) is 0 Å². The molecule has 5 rings (SSSR count). The monoisotopic (exact) mass is 419 g/mol. The minimum Gasteiger partial charge on any atom is -0.381 e. The lowest BCUT2D eigenvalue weighted by Gasteiger charge is -2.33. The topological polar surface area (TPSA) is 61.9 Å². The van der Waals surface area contributed by atoms with Crippen LogP contribution in [0.25, 0.3) is 0 Å². The van der Waals surface area contributed by atoms with Crippen LogP contribution in [0.2, 0.25) is 0 Å². The number of benzene rings is 2. The van der Waals surface area contributed by atoms with E-state index in [1.807, 2.05) is 34.1 Å². The van der Waals surface area contributed by atoms with Crippen LogP contribution in [0.15, 0.2) is 48.5 Å². The lowest BCUT2D eigenvalue weighted by molar-refractivity contribution is -0.136. The number of carbonyl (C=O) groups excluding carboxylic acids is 2. The molecule has 0 aliphatic carbocycles. The van der Waals surface area contributed by atoms with Gasteiger partial charge in [-0.1, -0.05) is 36.4 Å². The molecule has 3 aliphatic rings. The molecule has 1 atom stereocenters. The average Bonchev–Trinajstić information content (AvgIpc) is 3.49. The molecule has 0 saturated carbocycles. The van der Waals surface area contributed by atoms with E-state index in [-0.39, 0.29) is 17.9 Å². The van der Waals surface area contributed by atoms with E-state index in [2.05, 4.69) is 29.6 Å². The van der Waals surface area contributed by atoms with E-state index in [0.717, 1.165) is 38.0 Å². The number of carbonyl (C=O) groups is 2. The third kappa shape index (κ3) is 4.30. The summed E-state index contributed by atoms with van der Waals surface area (Å²) in [5, 5.41) is 3.02. The van der Waals surface area contributed by atoms with Crippen molar-refractivity contribution in [1.82, 2.24) is 9.80 Å². The van der Waals surface area contributed by atoms with Gasteiger partial charge in [-0.05, 0) is 54.0 Å². The van der Waals surface area contributed by atoms with Crippen molar-refractivity contribution in [3.05, 3.63) is 65.2 Å². The van der Waals surface area contributed by atoms with Gasteiger partial charge in [-0.25, -0.2) is 4.79 Å². The predicted octanol–water partition coefficient (Wildman–Crippen LogP) is 3.98. The molecular weight excluding hydrogens is 390 g/mol. The zero-order valence-electron chi connectivity index (χ0n) is 17.8. The van der Waals surface area contributed by atoms with Gasteiger partial charge in [0.15, 0.2) is 0 Å². The number of anilines is 1. The summed E-state index contributed by atoms with van der Waals surface area (Å²) in [6.45, 7) is 4.23. The van der Waals surface area contributed by atoms with Crippen LogP contribution in [0, 0.1) is 5.92 Å². The molecule has 2 aromatic carbocycles. The fourth-order valence-electron chi connectivity index (χ4n) is 4.94. The Morgan fingerprint density at radius 2 is 1.55 bits per heavy atom. The summed E-state index contributed by atoms with van der Waals surface area (Å²) in [6, 6.07) is 16.3. The number of hydrogen-bond acceptors (Lipinski definition) is 3. The summed E-state index contributed by atoms with van der Waals surface area (Å²) in [4.78, 5) is 29.1. The molecule has 0 unspecified atom stereocenters. The molecule has 6 heteroatoms. The summed E-state index contributed by atoms with van der Waals surface area (Å²) in [7, 11) is 0. The van der Waals surface area contributed by atoms with Gasteiger partial charge < -0.3 is 19.9 Å². The summed E-state index contributed by atoms with van der Waals surface area (Å²) in [5.41, 5.74) is 4.54. The highest BCUT2D eigenvalue weighted by Crippen LogP contribution is 2.30. The minimum absolute atomic E-state index is 0.0582. The second-order valence-electron chi connectivity index (χ2n) is 8.84. The van der Waals surface area contributed by atoms with Gasteiger partial charge in [0.2, 0.25) is 5.91 Å². The Morgan fingerprint density at radius 3 is 2.16 bits per heavy atom. The third-order valence-corrected chi connectivity index (χ3v) is 6.85. The first-order valence-corrected chi connectivity index (χ1v) is 11.3. The van der Waals surface area contributed by atoms with E-state index in [9.17, 15) is 9.59 Å². The van der Waals surface area contributed by atoms with Crippen LogP contribution < -0.4 is 5.32 Å². The molecule has 2 fully saturated rings. The first-order chi connectivity index (χ1) is 15.2. The zero-order valence-corrected chi connectivity index (χ0v) is 17.8. The van der Waals surface area contributed by atoms with Gasteiger partial charge >= 0.3 is 6.03 Å². The minimum atomic E-state index is -0.0633. The maximum absolute atomic E-state index is 12.6. The van der Waals surface area contributed by atoms with Gasteiger partial charge in [-0.15, -0.1) is 0 Å². The van der Waals surface area contributed by atoms with Crippen molar-refractivity contribution < 1.29 is 14.3 Å². The normalized spacial score (nSPS) is 21.2. The van der Waals surface area contributed by atoms with Crippen LogP contribution >= 0.6 is 0 Å². The Hall–Kier alpha value is -2.86. The van der Waals surface area contributed by atoms with Crippen molar-refractivity contribution in [2.45, 2.75) is 38.3 Å². The van der Waals surface area contributed by atoms with E-state index < -0.39 is 0 Å². The van der Waals surface area contributed by atoms with Crippen LogP contribution in [0.5, 0.6) is 0 Å². The van der Waals surface area contributed by atoms with Gasteiger partial charge in [-0.3, -0.25) is 4.79 Å². The van der Waals surface area contributed by atoms with Crippen LogP contribution in [0.3, 0.4) is 0 Å². The summed E-state index contributed by atoms with van der Waals surface area (Å²) >= 11 is 0. The van der Waals surface area contributed by atoms with E-state index >= 15 is 0 Å². The molecule has 162 valence electrons. The number of nitrogens with zero attached hydrogens (tertiary/aromatic N) is 2. The first-order valence-electron chi connectivity index (χ1n) is 11.3. The fourth-order valence-corrected chi connectivity index (χ4v) is 4.94. The Labute approximate surface area is 183 Å². The molecule has 2 aromatic rings. The number of ether oxygens (including phenoxy) is 1. The molecule has 2 saturated heterocycles. The molecule has 0 bridgehead atoms. The highest BCUT2D eigenvalue weighted by molar-refractivity contribution is 5.89. The standard InChI is InChI=1S/C25H29N3O3/c29-24(22-11-14-31-17-22)27-12-9-19(10-13-27)18-5-7-23(8-6-18)26-25(30)28-15-20-3-1-2-4-21(20)16-28/h1-8,19,22H,9-17H2,(H,26,30)/t22-/m1/s1. The number of likely N-dealkylation sites (tertiary alicyclic amines) is 1. The molecule has 3 amide bonds. The van der Waals surface area contributed by atoms with Crippen molar-refractivity contribution in [1.29, 1.82) is 0 Å². The highest BCUT2D eigenvalue weighted by atomic mass is 16.5. The molecule has 0 spiro atoms. The van der Waals surface area contributed by atoms with Crippen molar-refractivity contribution in [2.75, 3.05) is 31.6 Å². The molecular formula is C25H29N3O3. The molecule has 0 radical (unpaired) electrons. The number of urea groups is 1. The number of fused-ring (bicyclic) bond motifs is 1. The lowest BCUT2D eigenvalue weighted by atomic mass is 9.89. The maximum Gasteiger partial charge on any atom is 0.322 e. The van der Waals surface area contributed by atoms with Gasteiger partial charge in [0.25, 0.3) is 0 Å². The molecule has 6 nitrogen and oxygen atoms in total. The summed E-state index contributed by atoms with van der Waals surface area (Å²) < 4.78 is 5.37. The van der Waals surface area contributed by atoms with E-state index in [1.54, 1.807) is 0 Å². The Balaban J connectivity index is 1.13. The number of hydrogen-bond donors (Lipinski definition) is 1. The summed E-state index contributed by atoms with van der Waals surface area (Å²) in [6.07, 6.45) is 2.82.